The topological polar surface area (TPSA) is 80.8 Å². The first-order valence-electron chi connectivity index (χ1n) is 13.3. The van der Waals surface area contributed by atoms with Crippen LogP contribution in [0.1, 0.15) is 54.9 Å². The zero-order valence-electron chi connectivity index (χ0n) is 22.3. The summed E-state index contributed by atoms with van der Waals surface area (Å²) in [5, 5.41) is 4.28. The summed E-state index contributed by atoms with van der Waals surface area (Å²) in [6, 6.07) is 17.6. The molecule has 1 unspecified atom stereocenters. The van der Waals surface area contributed by atoms with E-state index in [-0.39, 0.29) is 12.4 Å². The molecule has 0 N–H and O–H groups in total. The molecule has 0 radical (unpaired) electrons. The fraction of sp³-hybridized carbons (Fsp3) is 0.355. The molecule has 2 aromatic heterocycles. The molecule has 0 aliphatic carbocycles. The van der Waals surface area contributed by atoms with E-state index in [4.69, 9.17) is 23.5 Å². The molecule has 3 heterocycles. The van der Waals surface area contributed by atoms with E-state index in [0.29, 0.717) is 25.5 Å². The molecule has 8 heteroatoms. The molecular weight excluding hydrogens is 494 g/mol. The summed E-state index contributed by atoms with van der Waals surface area (Å²) in [4.78, 5) is 4.51. The van der Waals surface area contributed by atoms with Gasteiger partial charge >= 0.3 is 0 Å². The Hall–Kier alpha value is -3.90. The van der Waals surface area contributed by atoms with Crippen molar-refractivity contribution in [2.45, 2.75) is 45.1 Å². The third kappa shape index (κ3) is 7.36. The van der Waals surface area contributed by atoms with E-state index >= 15 is 0 Å². The quantitative estimate of drug-likeness (QED) is 0.196. The highest BCUT2D eigenvalue weighted by Gasteiger charge is 2.21. The van der Waals surface area contributed by atoms with Crippen LogP contribution in [0.25, 0.3) is 11.3 Å². The molecule has 0 bridgehead atoms. The molecule has 0 spiro atoms. The summed E-state index contributed by atoms with van der Waals surface area (Å²) in [6.07, 6.45) is 6.49. The summed E-state index contributed by atoms with van der Waals surface area (Å²) in [5.41, 5.74) is 3.54. The lowest BCUT2D eigenvalue weighted by Gasteiger charge is -2.26. The van der Waals surface area contributed by atoms with Crippen molar-refractivity contribution in [2.24, 2.45) is 0 Å². The van der Waals surface area contributed by atoms with Crippen LogP contribution in [0.5, 0.6) is 5.75 Å². The minimum atomic E-state index is -0.186. The van der Waals surface area contributed by atoms with Gasteiger partial charge in [0.15, 0.2) is 12.1 Å². The first-order valence-corrected chi connectivity index (χ1v) is 13.3. The Morgan fingerprint density at radius 1 is 1.05 bits per heavy atom. The van der Waals surface area contributed by atoms with Crippen molar-refractivity contribution in [2.75, 3.05) is 26.9 Å². The molecule has 39 heavy (non-hydrogen) atoms. The molecule has 1 fully saturated rings. The van der Waals surface area contributed by atoms with Crippen LogP contribution < -0.4 is 4.74 Å². The normalized spacial score (nSPS) is 15.9. The second-order valence-electron chi connectivity index (χ2n) is 9.37. The summed E-state index contributed by atoms with van der Waals surface area (Å²) in [5.74, 6) is 8.72. The van der Waals surface area contributed by atoms with Crippen molar-refractivity contribution in [3.63, 3.8) is 0 Å². The van der Waals surface area contributed by atoms with Gasteiger partial charge in [-0.25, -0.2) is 4.98 Å². The van der Waals surface area contributed by atoms with Gasteiger partial charge in [0.1, 0.15) is 30.0 Å². The molecule has 202 valence electrons. The standard InChI is InChI=1S/C31H33N3O5/c1-23(38-30-8-3-4-17-37-30)31-32-15-16-34(31)22-27-21-29(39-33-27)26-13-11-24(12-14-26)9-10-25-6-5-7-28(20-25)36-19-18-35-2/h5-7,11-16,20-21,23,30H,3-4,8,17-19,22H2,1-2H3/t23-,30?/m0/s1. The molecule has 1 saturated heterocycles. The van der Waals surface area contributed by atoms with E-state index in [1.54, 1.807) is 13.3 Å². The first kappa shape index (κ1) is 26.7. The van der Waals surface area contributed by atoms with Gasteiger partial charge in [-0.15, -0.1) is 0 Å². The number of benzene rings is 2. The number of hydrogen-bond donors (Lipinski definition) is 0. The maximum absolute atomic E-state index is 6.10. The smallest absolute Gasteiger partial charge is 0.167 e. The average Bonchev–Trinajstić information content (AvgIpc) is 3.63. The summed E-state index contributed by atoms with van der Waals surface area (Å²) >= 11 is 0. The molecular formula is C31H33N3O5. The predicted molar refractivity (Wildman–Crippen MR) is 146 cm³/mol. The Kier molecular flexibility index (Phi) is 9.07. The van der Waals surface area contributed by atoms with E-state index < -0.39 is 0 Å². The highest BCUT2D eigenvalue weighted by atomic mass is 16.7. The number of nitrogens with zero attached hydrogens (tertiary/aromatic N) is 3. The Morgan fingerprint density at radius 2 is 1.92 bits per heavy atom. The number of hydrogen-bond acceptors (Lipinski definition) is 7. The number of aromatic nitrogens is 3. The van der Waals surface area contributed by atoms with Crippen molar-refractivity contribution in [1.82, 2.24) is 14.7 Å². The van der Waals surface area contributed by atoms with Crippen LogP contribution >= 0.6 is 0 Å². The number of methoxy groups -OCH3 is 1. The molecule has 1 aliphatic rings. The minimum absolute atomic E-state index is 0.171. The fourth-order valence-electron chi connectivity index (χ4n) is 4.39. The van der Waals surface area contributed by atoms with Gasteiger partial charge in [-0.1, -0.05) is 23.1 Å². The molecule has 2 atom stereocenters. The Labute approximate surface area is 228 Å². The lowest BCUT2D eigenvalue weighted by atomic mass is 10.1. The van der Waals surface area contributed by atoms with Gasteiger partial charge in [0, 0.05) is 48.9 Å². The van der Waals surface area contributed by atoms with Gasteiger partial charge in [-0.2, -0.15) is 0 Å². The highest BCUT2D eigenvalue weighted by Crippen LogP contribution is 2.25. The van der Waals surface area contributed by atoms with Crippen molar-refractivity contribution in [1.29, 1.82) is 0 Å². The summed E-state index contributed by atoms with van der Waals surface area (Å²) < 4.78 is 30.2. The van der Waals surface area contributed by atoms with Crippen LogP contribution in [0.2, 0.25) is 0 Å². The van der Waals surface area contributed by atoms with Crippen LogP contribution in [0.15, 0.2) is 71.5 Å². The Bertz CT molecular complexity index is 1390. The zero-order valence-corrected chi connectivity index (χ0v) is 22.3. The average molecular weight is 528 g/mol. The van der Waals surface area contributed by atoms with Crippen LogP contribution in [-0.2, 0) is 20.8 Å². The predicted octanol–water partition coefficient (Wildman–Crippen LogP) is 5.62. The van der Waals surface area contributed by atoms with Crippen LogP contribution in [0.4, 0.5) is 0 Å². The first-order chi connectivity index (χ1) is 19.2. The third-order valence-corrected chi connectivity index (χ3v) is 6.41. The largest absolute Gasteiger partial charge is 0.491 e. The van der Waals surface area contributed by atoms with E-state index in [1.807, 2.05) is 72.3 Å². The fourth-order valence-corrected chi connectivity index (χ4v) is 4.39. The number of ether oxygens (including phenoxy) is 4. The SMILES string of the molecule is COCCOc1cccc(C#Cc2ccc(-c3cc(Cn4ccnc4[C@H](C)OC4CCCCO4)no3)cc2)c1. The van der Waals surface area contributed by atoms with E-state index in [2.05, 4.69) is 22.0 Å². The molecule has 2 aromatic carbocycles. The monoisotopic (exact) mass is 527 g/mol. The molecule has 0 saturated carbocycles. The number of rotatable bonds is 10. The van der Waals surface area contributed by atoms with Gasteiger partial charge in [0.05, 0.1) is 13.2 Å². The molecule has 0 amide bonds. The lowest BCUT2D eigenvalue weighted by Crippen LogP contribution is -2.24. The summed E-state index contributed by atoms with van der Waals surface area (Å²) in [7, 11) is 1.65. The molecule has 5 rings (SSSR count). The lowest BCUT2D eigenvalue weighted by molar-refractivity contribution is -0.188. The van der Waals surface area contributed by atoms with Crippen molar-refractivity contribution < 1.29 is 23.5 Å². The second-order valence-corrected chi connectivity index (χ2v) is 9.37. The van der Waals surface area contributed by atoms with E-state index in [1.165, 1.54) is 0 Å². The maximum atomic E-state index is 6.10. The maximum Gasteiger partial charge on any atom is 0.167 e. The molecule has 8 nitrogen and oxygen atoms in total. The van der Waals surface area contributed by atoms with Gasteiger partial charge in [-0.3, -0.25) is 0 Å². The Morgan fingerprint density at radius 3 is 2.74 bits per heavy atom. The van der Waals surface area contributed by atoms with Gasteiger partial charge < -0.3 is 28.0 Å². The van der Waals surface area contributed by atoms with Gasteiger partial charge in [0.2, 0.25) is 0 Å². The zero-order chi connectivity index (χ0) is 26.9. The van der Waals surface area contributed by atoms with E-state index in [0.717, 1.165) is 59.8 Å². The van der Waals surface area contributed by atoms with Crippen LogP contribution in [-0.4, -0.2) is 47.9 Å². The molecule has 4 aromatic rings. The second kappa shape index (κ2) is 13.3. The number of imidazole rings is 1. The van der Waals surface area contributed by atoms with Crippen molar-refractivity contribution in [3.05, 3.63) is 89.6 Å². The van der Waals surface area contributed by atoms with Gasteiger partial charge in [0.25, 0.3) is 0 Å². The third-order valence-electron chi connectivity index (χ3n) is 6.41. The van der Waals surface area contributed by atoms with Crippen LogP contribution in [0, 0.1) is 11.8 Å². The molecule has 1 aliphatic heterocycles. The van der Waals surface area contributed by atoms with Gasteiger partial charge in [-0.05, 0) is 68.7 Å². The van der Waals surface area contributed by atoms with Crippen molar-refractivity contribution >= 4 is 0 Å². The summed E-state index contributed by atoms with van der Waals surface area (Å²) in [6.45, 7) is 4.34. The van der Waals surface area contributed by atoms with E-state index in [9.17, 15) is 0 Å². The van der Waals surface area contributed by atoms with Crippen LogP contribution in [0.3, 0.4) is 0 Å². The minimum Gasteiger partial charge on any atom is -0.491 e. The van der Waals surface area contributed by atoms with Crippen molar-refractivity contribution in [3.8, 4) is 28.9 Å². The Balaban J connectivity index is 1.20. The highest BCUT2D eigenvalue weighted by molar-refractivity contribution is 5.59.